The number of ether oxygens (including phenoxy) is 2. The summed E-state index contributed by atoms with van der Waals surface area (Å²) in [6, 6.07) is 0. The Bertz CT molecular complexity index is 452. The average molecular weight is 269 g/mol. The first-order chi connectivity index (χ1) is 8.98. The molecular formula is C13H23N3O3. The van der Waals surface area contributed by atoms with Crippen LogP contribution in [0.4, 0.5) is 0 Å². The topological polar surface area (TPSA) is 58.3 Å². The van der Waals surface area contributed by atoms with Crippen molar-refractivity contribution in [2.24, 2.45) is 0 Å². The fraction of sp³-hybridized carbons (Fsp3) is 0.846. The van der Waals surface area contributed by atoms with E-state index < -0.39 is 0 Å². The van der Waals surface area contributed by atoms with Crippen LogP contribution < -0.4 is 5.69 Å². The van der Waals surface area contributed by atoms with Crippen LogP contribution in [0.3, 0.4) is 0 Å². The second kappa shape index (κ2) is 5.88. The first-order valence-corrected chi connectivity index (χ1v) is 6.86. The molecule has 0 amide bonds. The van der Waals surface area contributed by atoms with Gasteiger partial charge in [-0.15, -0.1) is 0 Å². The maximum absolute atomic E-state index is 12.1. The van der Waals surface area contributed by atoms with Crippen LogP contribution in [0.15, 0.2) is 11.1 Å². The van der Waals surface area contributed by atoms with Gasteiger partial charge < -0.3 is 9.47 Å². The molecule has 0 unspecified atom stereocenters. The molecule has 6 heteroatoms. The molecule has 0 bridgehead atoms. The molecule has 2 heterocycles. The molecule has 0 radical (unpaired) electrons. The van der Waals surface area contributed by atoms with Gasteiger partial charge in [0.1, 0.15) is 6.33 Å². The summed E-state index contributed by atoms with van der Waals surface area (Å²) in [6.45, 7) is 7.62. The van der Waals surface area contributed by atoms with Gasteiger partial charge in [0, 0.05) is 6.61 Å². The molecule has 1 saturated heterocycles. The summed E-state index contributed by atoms with van der Waals surface area (Å²) in [7, 11) is 0. The molecule has 2 rings (SSSR count). The van der Waals surface area contributed by atoms with Crippen molar-refractivity contribution in [2.45, 2.75) is 58.4 Å². The fourth-order valence-electron chi connectivity index (χ4n) is 2.07. The van der Waals surface area contributed by atoms with Crippen molar-refractivity contribution >= 4 is 0 Å². The summed E-state index contributed by atoms with van der Waals surface area (Å²) in [5, 5.41) is 4.13. The Hall–Kier alpha value is -1.14. The molecule has 1 aromatic rings. The predicted molar refractivity (Wildman–Crippen MR) is 71.0 cm³/mol. The lowest BCUT2D eigenvalue weighted by Crippen LogP contribution is -2.36. The predicted octanol–water partition coefficient (Wildman–Crippen LogP) is 1.34. The summed E-state index contributed by atoms with van der Waals surface area (Å²) in [4.78, 5) is 12.1. The Kier molecular flexibility index (Phi) is 4.42. The average Bonchev–Trinajstić information content (AvgIpc) is 2.72. The minimum Gasteiger partial charge on any atom is -0.353 e. The fourth-order valence-corrected chi connectivity index (χ4v) is 2.07. The van der Waals surface area contributed by atoms with Crippen molar-refractivity contribution in [3.05, 3.63) is 16.8 Å². The standard InChI is InChI=1S/C13H23N3O3/c1-13(2,3)16-12(17)15(10-14-16)7-9-19-11-6-4-5-8-18-11/h10-11H,4-9H2,1-3H3/t11-/m1/s1. The summed E-state index contributed by atoms with van der Waals surface area (Å²) in [5.74, 6) is 0. The van der Waals surface area contributed by atoms with E-state index in [0.29, 0.717) is 13.2 Å². The highest BCUT2D eigenvalue weighted by atomic mass is 16.7. The third-order valence-corrected chi connectivity index (χ3v) is 3.14. The molecule has 0 saturated carbocycles. The van der Waals surface area contributed by atoms with Gasteiger partial charge >= 0.3 is 5.69 Å². The lowest BCUT2D eigenvalue weighted by Gasteiger charge is -2.22. The zero-order chi connectivity index (χ0) is 13.9. The largest absolute Gasteiger partial charge is 0.353 e. The van der Waals surface area contributed by atoms with E-state index in [0.717, 1.165) is 25.9 Å². The van der Waals surface area contributed by atoms with Crippen molar-refractivity contribution in [1.29, 1.82) is 0 Å². The molecule has 108 valence electrons. The highest BCUT2D eigenvalue weighted by molar-refractivity contribution is 4.77. The number of rotatable bonds is 4. The number of hydrogen-bond donors (Lipinski definition) is 0. The minimum atomic E-state index is -0.296. The van der Waals surface area contributed by atoms with Crippen LogP contribution in [-0.2, 0) is 21.6 Å². The van der Waals surface area contributed by atoms with Crippen LogP contribution >= 0.6 is 0 Å². The SMILES string of the molecule is CC(C)(C)n1ncn(CCO[C@@H]2CCCCO2)c1=O. The molecule has 0 aromatic carbocycles. The molecule has 1 aromatic heterocycles. The van der Waals surface area contributed by atoms with Crippen LogP contribution in [0.2, 0.25) is 0 Å². The summed E-state index contributed by atoms with van der Waals surface area (Å²) < 4.78 is 14.2. The van der Waals surface area contributed by atoms with E-state index in [1.165, 1.54) is 4.68 Å². The molecule has 1 aliphatic heterocycles. The van der Waals surface area contributed by atoms with Gasteiger partial charge in [0.05, 0.1) is 18.7 Å². The van der Waals surface area contributed by atoms with E-state index in [1.807, 2.05) is 20.8 Å². The maximum atomic E-state index is 12.1. The molecule has 1 aliphatic rings. The third-order valence-electron chi connectivity index (χ3n) is 3.14. The lowest BCUT2D eigenvalue weighted by atomic mass is 10.1. The molecule has 1 atom stereocenters. The minimum absolute atomic E-state index is 0.0966. The van der Waals surface area contributed by atoms with Gasteiger partial charge in [-0.25, -0.2) is 9.48 Å². The van der Waals surface area contributed by atoms with Crippen molar-refractivity contribution < 1.29 is 9.47 Å². The highest BCUT2D eigenvalue weighted by Crippen LogP contribution is 2.13. The maximum Gasteiger partial charge on any atom is 0.346 e. The Balaban J connectivity index is 1.86. The summed E-state index contributed by atoms with van der Waals surface area (Å²) in [5.41, 5.74) is -0.393. The smallest absolute Gasteiger partial charge is 0.346 e. The van der Waals surface area contributed by atoms with E-state index in [2.05, 4.69) is 5.10 Å². The number of aromatic nitrogens is 3. The summed E-state index contributed by atoms with van der Waals surface area (Å²) >= 11 is 0. The van der Waals surface area contributed by atoms with Crippen molar-refractivity contribution in [3.8, 4) is 0 Å². The van der Waals surface area contributed by atoms with Gasteiger partial charge in [-0.2, -0.15) is 5.10 Å². The van der Waals surface area contributed by atoms with Gasteiger partial charge in [0.25, 0.3) is 0 Å². The van der Waals surface area contributed by atoms with E-state index in [4.69, 9.17) is 9.47 Å². The molecule has 0 aliphatic carbocycles. The Labute approximate surface area is 113 Å². The quantitative estimate of drug-likeness (QED) is 0.827. The van der Waals surface area contributed by atoms with Crippen molar-refractivity contribution in [1.82, 2.24) is 14.3 Å². The van der Waals surface area contributed by atoms with Crippen molar-refractivity contribution in [2.75, 3.05) is 13.2 Å². The molecular weight excluding hydrogens is 246 g/mol. The number of hydrogen-bond acceptors (Lipinski definition) is 4. The molecule has 6 nitrogen and oxygen atoms in total. The van der Waals surface area contributed by atoms with Crippen LogP contribution in [0.1, 0.15) is 40.0 Å². The summed E-state index contributed by atoms with van der Waals surface area (Å²) in [6.07, 6.45) is 4.65. The van der Waals surface area contributed by atoms with Gasteiger partial charge in [0.2, 0.25) is 0 Å². The van der Waals surface area contributed by atoms with Gasteiger partial charge in [0.15, 0.2) is 6.29 Å². The second-order valence-electron chi connectivity index (χ2n) is 5.86. The monoisotopic (exact) mass is 269 g/mol. The first kappa shape index (κ1) is 14.3. The lowest BCUT2D eigenvalue weighted by molar-refractivity contribution is -0.163. The van der Waals surface area contributed by atoms with E-state index in [9.17, 15) is 4.79 Å². The van der Waals surface area contributed by atoms with E-state index >= 15 is 0 Å². The van der Waals surface area contributed by atoms with Gasteiger partial charge in [-0.1, -0.05) is 0 Å². The molecule has 0 spiro atoms. The molecule has 0 N–H and O–H groups in total. The zero-order valence-corrected chi connectivity index (χ0v) is 12.0. The number of nitrogens with zero attached hydrogens (tertiary/aromatic N) is 3. The Morgan fingerprint density at radius 3 is 2.84 bits per heavy atom. The molecule has 19 heavy (non-hydrogen) atoms. The van der Waals surface area contributed by atoms with Crippen molar-refractivity contribution in [3.63, 3.8) is 0 Å². The van der Waals surface area contributed by atoms with Crippen LogP contribution in [0, 0.1) is 0 Å². The van der Waals surface area contributed by atoms with Gasteiger partial charge in [-0.05, 0) is 40.0 Å². The Morgan fingerprint density at radius 1 is 1.47 bits per heavy atom. The zero-order valence-electron chi connectivity index (χ0n) is 12.0. The van der Waals surface area contributed by atoms with E-state index in [-0.39, 0.29) is 17.5 Å². The Morgan fingerprint density at radius 2 is 2.26 bits per heavy atom. The van der Waals surface area contributed by atoms with Crippen LogP contribution in [-0.4, -0.2) is 33.9 Å². The van der Waals surface area contributed by atoms with Crippen LogP contribution in [0.25, 0.3) is 0 Å². The second-order valence-corrected chi connectivity index (χ2v) is 5.86. The third kappa shape index (κ3) is 3.67. The van der Waals surface area contributed by atoms with E-state index in [1.54, 1.807) is 10.9 Å². The first-order valence-electron chi connectivity index (χ1n) is 6.86. The normalized spacial score (nSPS) is 20.7. The van der Waals surface area contributed by atoms with Gasteiger partial charge in [-0.3, -0.25) is 4.57 Å². The highest BCUT2D eigenvalue weighted by Gasteiger charge is 2.19. The molecule has 1 fully saturated rings. The van der Waals surface area contributed by atoms with Crippen LogP contribution in [0.5, 0.6) is 0 Å².